The van der Waals surface area contributed by atoms with Gasteiger partial charge in [-0.05, 0) is 24.6 Å². The van der Waals surface area contributed by atoms with Gasteiger partial charge in [-0.15, -0.1) is 0 Å². The topological polar surface area (TPSA) is 61.3 Å². The van der Waals surface area contributed by atoms with Gasteiger partial charge in [0.1, 0.15) is 5.69 Å². The van der Waals surface area contributed by atoms with E-state index in [1.54, 1.807) is 18.2 Å². The fraction of sp³-hybridized carbons (Fsp3) is 0.308. The standard InChI is InChI=1S/C13H15FN2O2/c1-3-10(15)13-7-11(16-18-13)8-4-5-12(17-2)9(14)6-8/h4-7,10H,3,15H2,1-2H3. The van der Waals surface area contributed by atoms with Gasteiger partial charge in [-0.2, -0.15) is 0 Å². The highest BCUT2D eigenvalue weighted by Gasteiger charge is 2.13. The van der Waals surface area contributed by atoms with Crippen LogP contribution in [0.5, 0.6) is 5.75 Å². The third kappa shape index (κ3) is 2.36. The van der Waals surface area contributed by atoms with Crippen molar-refractivity contribution in [2.45, 2.75) is 19.4 Å². The fourth-order valence-electron chi connectivity index (χ4n) is 1.63. The van der Waals surface area contributed by atoms with Crippen LogP contribution in [0.3, 0.4) is 0 Å². The molecular formula is C13H15FN2O2. The predicted molar refractivity (Wildman–Crippen MR) is 65.7 cm³/mol. The van der Waals surface area contributed by atoms with E-state index in [-0.39, 0.29) is 11.8 Å². The van der Waals surface area contributed by atoms with Crippen molar-refractivity contribution in [1.29, 1.82) is 0 Å². The van der Waals surface area contributed by atoms with Crippen molar-refractivity contribution in [2.24, 2.45) is 5.73 Å². The van der Waals surface area contributed by atoms with Gasteiger partial charge in [0.15, 0.2) is 17.3 Å². The van der Waals surface area contributed by atoms with E-state index in [1.165, 1.54) is 13.2 Å². The zero-order chi connectivity index (χ0) is 13.1. The summed E-state index contributed by atoms with van der Waals surface area (Å²) in [4.78, 5) is 0. The molecule has 1 aromatic carbocycles. The SMILES string of the molecule is CCC(N)c1cc(-c2ccc(OC)c(F)c2)no1. The first-order valence-corrected chi connectivity index (χ1v) is 5.71. The molecule has 0 spiro atoms. The summed E-state index contributed by atoms with van der Waals surface area (Å²) in [6.07, 6.45) is 0.756. The quantitative estimate of drug-likeness (QED) is 0.906. The summed E-state index contributed by atoms with van der Waals surface area (Å²) in [5.41, 5.74) is 7.03. The molecule has 1 atom stereocenters. The normalized spacial score (nSPS) is 12.4. The lowest BCUT2D eigenvalue weighted by atomic mass is 10.1. The highest BCUT2D eigenvalue weighted by Crippen LogP contribution is 2.26. The number of benzene rings is 1. The van der Waals surface area contributed by atoms with E-state index in [1.807, 2.05) is 6.92 Å². The molecular weight excluding hydrogens is 235 g/mol. The summed E-state index contributed by atoms with van der Waals surface area (Å²) in [5.74, 6) is 0.371. The van der Waals surface area contributed by atoms with Crippen molar-refractivity contribution in [1.82, 2.24) is 5.16 Å². The molecule has 5 heteroatoms. The van der Waals surface area contributed by atoms with Gasteiger partial charge in [0.05, 0.1) is 13.2 Å². The number of nitrogens with zero attached hydrogens (tertiary/aromatic N) is 1. The van der Waals surface area contributed by atoms with Gasteiger partial charge in [0.25, 0.3) is 0 Å². The van der Waals surface area contributed by atoms with Gasteiger partial charge in [-0.25, -0.2) is 4.39 Å². The number of aromatic nitrogens is 1. The lowest BCUT2D eigenvalue weighted by Crippen LogP contribution is -2.06. The van der Waals surface area contributed by atoms with Crippen molar-refractivity contribution in [3.8, 4) is 17.0 Å². The summed E-state index contributed by atoms with van der Waals surface area (Å²) in [6, 6.07) is 6.18. The maximum atomic E-state index is 13.6. The molecule has 0 saturated carbocycles. The maximum absolute atomic E-state index is 13.6. The largest absolute Gasteiger partial charge is 0.494 e. The van der Waals surface area contributed by atoms with Crippen LogP contribution in [-0.2, 0) is 0 Å². The van der Waals surface area contributed by atoms with Gasteiger partial charge >= 0.3 is 0 Å². The lowest BCUT2D eigenvalue weighted by Gasteiger charge is -2.02. The molecule has 1 unspecified atom stereocenters. The van der Waals surface area contributed by atoms with E-state index >= 15 is 0 Å². The Morgan fingerprint density at radius 1 is 1.44 bits per heavy atom. The molecule has 96 valence electrons. The number of hydrogen-bond acceptors (Lipinski definition) is 4. The molecule has 2 N–H and O–H groups in total. The van der Waals surface area contributed by atoms with Crippen molar-refractivity contribution >= 4 is 0 Å². The van der Waals surface area contributed by atoms with Crippen LogP contribution in [0.1, 0.15) is 25.1 Å². The maximum Gasteiger partial charge on any atom is 0.165 e. The average Bonchev–Trinajstić information content (AvgIpc) is 2.87. The van der Waals surface area contributed by atoms with E-state index in [9.17, 15) is 4.39 Å². The van der Waals surface area contributed by atoms with E-state index in [4.69, 9.17) is 15.0 Å². The summed E-state index contributed by atoms with van der Waals surface area (Å²) < 4.78 is 23.6. The first-order valence-electron chi connectivity index (χ1n) is 5.71. The molecule has 1 aromatic heterocycles. The van der Waals surface area contributed by atoms with Crippen molar-refractivity contribution in [2.75, 3.05) is 7.11 Å². The molecule has 0 fully saturated rings. The van der Waals surface area contributed by atoms with Crippen LogP contribution in [0.15, 0.2) is 28.8 Å². The second kappa shape index (κ2) is 5.18. The number of nitrogens with two attached hydrogens (primary N) is 1. The fourth-order valence-corrected chi connectivity index (χ4v) is 1.63. The Morgan fingerprint density at radius 2 is 2.22 bits per heavy atom. The van der Waals surface area contributed by atoms with Gasteiger partial charge in [-0.1, -0.05) is 12.1 Å². The summed E-state index contributed by atoms with van der Waals surface area (Å²) in [6.45, 7) is 1.96. The van der Waals surface area contributed by atoms with Crippen LogP contribution in [0.2, 0.25) is 0 Å². The molecule has 0 aliphatic heterocycles. The number of rotatable bonds is 4. The third-order valence-corrected chi connectivity index (χ3v) is 2.78. The zero-order valence-electron chi connectivity index (χ0n) is 10.3. The Hall–Kier alpha value is -1.88. The minimum atomic E-state index is -0.431. The van der Waals surface area contributed by atoms with Crippen LogP contribution >= 0.6 is 0 Å². The highest BCUT2D eigenvalue weighted by molar-refractivity contribution is 5.60. The molecule has 0 bridgehead atoms. The molecule has 0 amide bonds. The smallest absolute Gasteiger partial charge is 0.165 e. The molecule has 1 heterocycles. The molecule has 2 rings (SSSR count). The van der Waals surface area contributed by atoms with Crippen LogP contribution in [-0.4, -0.2) is 12.3 Å². The molecule has 0 radical (unpaired) electrons. The summed E-state index contributed by atoms with van der Waals surface area (Å²) in [5, 5.41) is 3.89. The third-order valence-electron chi connectivity index (χ3n) is 2.78. The van der Waals surface area contributed by atoms with Gasteiger partial charge < -0.3 is 15.0 Å². The number of halogens is 1. The average molecular weight is 250 g/mol. The molecule has 18 heavy (non-hydrogen) atoms. The highest BCUT2D eigenvalue weighted by atomic mass is 19.1. The first kappa shape index (κ1) is 12.6. The minimum absolute atomic E-state index is 0.186. The van der Waals surface area contributed by atoms with Crippen LogP contribution < -0.4 is 10.5 Å². The van der Waals surface area contributed by atoms with Crippen molar-refractivity contribution < 1.29 is 13.7 Å². The van der Waals surface area contributed by atoms with Gasteiger partial charge in [0.2, 0.25) is 0 Å². The molecule has 0 aliphatic carbocycles. The Balaban J connectivity index is 2.31. The van der Waals surface area contributed by atoms with Gasteiger partial charge in [-0.3, -0.25) is 0 Å². The van der Waals surface area contributed by atoms with Crippen molar-refractivity contribution in [3.05, 3.63) is 35.8 Å². The Kier molecular flexibility index (Phi) is 3.62. The van der Waals surface area contributed by atoms with Crippen LogP contribution in [0, 0.1) is 5.82 Å². The summed E-state index contributed by atoms with van der Waals surface area (Å²) >= 11 is 0. The van der Waals surface area contributed by atoms with Gasteiger partial charge in [0, 0.05) is 11.6 Å². The van der Waals surface area contributed by atoms with E-state index in [2.05, 4.69) is 5.16 Å². The number of methoxy groups -OCH3 is 1. The Bertz CT molecular complexity index is 540. The van der Waals surface area contributed by atoms with Crippen LogP contribution in [0.4, 0.5) is 4.39 Å². The Labute approximate surface area is 105 Å². The zero-order valence-corrected chi connectivity index (χ0v) is 10.3. The van der Waals surface area contributed by atoms with Crippen LogP contribution in [0.25, 0.3) is 11.3 Å². The second-order valence-corrected chi connectivity index (χ2v) is 3.98. The summed E-state index contributed by atoms with van der Waals surface area (Å²) in [7, 11) is 1.42. The van der Waals surface area contributed by atoms with Crippen molar-refractivity contribution in [3.63, 3.8) is 0 Å². The molecule has 0 saturated heterocycles. The second-order valence-electron chi connectivity index (χ2n) is 3.98. The first-order chi connectivity index (χ1) is 8.65. The van der Waals surface area contributed by atoms with E-state index in [0.717, 1.165) is 6.42 Å². The molecule has 0 aliphatic rings. The van der Waals surface area contributed by atoms with E-state index in [0.29, 0.717) is 17.0 Å². The predicted octanol–water partition coefficient (Wildman–Crippen LogP) is 2.90. The Morgan fingerprint density at radius 3 is 2.83 bits per heavy atom. The lowest BCUT2D eigenvalue weighted by molar-refractivity contribution is 0.360. The molecule has 4 nitrogen and oxygen atoms in total. The van der Waals surface area contributed by atoms with E-state index < -0.39 is 5.82 Å². The minimum Gasteiger partial charge on any atom is -0.494 e. The number of hydrogen-bond donors (Lipinski definition) is 1. The number of ether oxygens (including phenoxy) is 1. The monoisotopic (exact) mass is 250 g/mol. The molecule has 2 aromatic rings.